The number of aliphatic hydroxyl groups excluding tert-OH is 1. The van der Waals surface area contributed by atoms with Gasteiger partial charge in [0.15, 0.2) is 6.10 Å². The number of hydrogen-bond donors (Lipinski definition) is 1. The number of esters is 2. The maximum absolute atomic E-state index is 12.3. The van der Waals surface area contributed by atoms with E-state index < -0.39 is 6.10 Å². The molecule has 0 saturated heterocycles. The van der Waals surface area contributed by atoms with Gasteiger partial charge in [-0.2, -0.15) is 0 Å². The van der Waals surface area contributed by atoms with Gasteiger partial charge >= 0.3 is 11.9 Å². The fraction of sp³-hybridized carbons (Fsp3) is 0.968. The topological polar surface area (TPSA) is 72.8 Å². The molecular weight excluding hydrogens is 837 g/mol. The summed E-state index contributed by atoms with van der Waals surface area (Å²) in [7, 11) is 0. The summed E-state index contributed by atoms with van der Waals surface area (Å²) in [6, 6.07) is 0. The smallest absolute Gasteiger partial charge is 0.306 e. The normalized spacial score (nSPS) is 12.0. The van der Waals surface area contributed by atoms with Crippen LogP contribution in [0.4, 0.5) is 0 Å². The SMILES string of the molecule is CCCCCCCCCCCCCCCCCCCCCCCCCCCCCCC(=O)OC(CO)COC(=O)CCCCCCCCCCCCCCCCCCCCCCCCCCCC. The molecule has 0 fully saturated rings. The van der Waals surface area contributed by atoms with Crippen LogP contribution in [-0.2, 0) is 19.1 Å². The van der Waals surface area contributed by atoms with E-state index in [-0.39, 0.29) is 25.2 Å². The van der Waals surface area contributed by atoms with Gasteiger partial charge in [-0.05, 0) is 12.8 Å². The molecule has 5 heteroatoms. The van der Waals surface area contributed by atoms with Gasteiger partial charge in [0.05, 0.1) is 6.61 Å². The molecule has 0 aliphatic carbocycles. The molecule has 1 atom stereocenters. The molecule has 0 aliphatic rings. The third-order valence-electron chi connectivity index (χ3n) is 14.9. The maximum Gasteiger partial charge on any atom is 0.306 e. The van der Waals surface area contributed by atoms with Gasteiger partial charge in [0, 0.05) is 12.8 Å². The molecule has 0 radical (unpaired) electrons. The number of aliphatic hydroxyl groups is 1. The van der Waals surface area contributed by atoms with Crippen LogP contribution in [-0.4, -0.2) is 36.4 Å². The molecule has 5 nitrogen and oxygen atoms in total. The summed E-state index contributed by atoms with van der Waals surface area (Å²) in [6.45, 7) is 4.22. The first kappa shape index (κ1) is 66.9. The molecule has 0 spiro atoms. The van der Waals surface area contributed by atoms with Crippen LogP contribution in [0.15, 0.2) is 0 Å². The highest BCUT2D eigenvalue weighted by Gasteiger charge is 2.16. The lowest BCUT2D eigenvalue weighted by Gasteiger charge is -2.15. The quantitative estimate of drug-likeness (QED) is 0.0486. The van der Waals surface area contributed by atoms with E-state index in [0.717, 1.165) is 32.1 Å². The minimum atomic E-state index is -0.765. The van der Waals surface area contributed by atoms with Crippen molar-refractivity contribution in [2.24, 2.45) is 0 Å². The summed E-state index contributed by atoms with van der Waals surface area (Å²) in [4.78, 5) is 24.6. The molecule has 0 aromatic heterocycles. The predicted octanol–water partition coefficient (Wildman–Crippen LogP) is 21.3. The van der Waals surface area contributed by atoms with Crippen LogP contribution in [0.5, 0.6) is 0 Å². The molecule has 1 N–H and O–H groups in total. The van der Waals surface area contributed by atoms with E-state index in [1.807, 2.05) is 0 Å². The highest BCUT2D eigenvalue weighted by atomic mass is 16.6. The summed E-state index contributed by atoms with van der Waals surface area (Å²) < 4.78 is 10.7. The molecule has 0 rings (SSSR count). The zero-order valence-electron chi connectivity index (χ0n) is 46.7. The van der Waals surface area contributed by atoms with E-state index in [2.05, 4.69) is 13.8 Å². The summed E-state index contributed by atoms with van der Waals surface area (Å²) in [6.07, 6.45) is 74.0. The number of hydrogen-bond acceptors (Lipinski definition) is 5. The molecule has 0 bridgehead atoms. The zero-order valence-corrected chi connectivity index (χ0v) is 46.7. The van der Waals surface area contributed by atoms with Gasteiger partial charge in [0.25, 0.3) is 0 Å². The van der Waals surface area contributed by atoms with Gasteiger partial charge in [-0.15, -0.1) is 0 Å². The fourth-order valence-corrected chi connectivity index (χ4v) is 10.2. The molecule has 0 heterocycles. The molecule has 0 saturated carbocycles. The number of carbonyl (C=O) groups excluding carboxylic acids is 2. The van der Waals surface area contributed by atoms with E-state index in [1.54, 1.807) is 0 Å². The fourth-order valence-electron chi connectivity index (χ4n) is 10.2. The monoisotopic (exact) mass is 961 g/mol. The Bertz CT molecular complexity index is 952. The third-order valence-corrected chi connectivity index (χ3v) is 14.9. The highest BCUT2D eigenvalue weighted by Crippen LogP contribution is 2.19. The third kappa shape index (κ3) is 57.5. The van der Waals surface area contributed by atoms with E-state index in [4.69, 9.17) is 9.47 Å². The average Bonchev–Trinajstić information content (AvgIpc) is 3.34. The van der Waals surface area contributed by atoms with Crippen molar-refractivity contribution in [1.82, 2.24) is 0 Å². The van der Waals surface area contributed by atoms with Crippen molar-refractivity contribution in [3.63, 3.8) is 0 Å². The van der Waals surface area contributed by atoms with Crippen LogP contribution in [0.1, 0.15) is 373 Å². The Hall–Kier alpha value is -1.10. The van der Waals surface area contributed by atoms with Gasteiger partial charge in [-0.3, -0.25) is 9.59 Å². The molecule has 0 aromatic carbocycles. The number of carbonyl (C=O) groups is 2. The van der Waals surface area contributed by atoms with E-state index in [9.17, 15) is 14.7 Å². The van der Waals surface area contributed by atoms with Crippen LogP contribution in [0.3, 0.4) is 0 Å². The van der Waals surface area contributed by atoms with Crippen LogP contribution >= 0.6 is 0 Å². The lowest BCUT2D eigenvalue weighted by molar-refractivity contribution is -0.161. The first-order valence-electron chi connectivity index (χ1n) is 31.6. The summed E-state index contributed by atoms with van der Waals surface area (Å²) in [5.74, 6) is -0.560. The van der Waals surface area contributed by atoms with Gasteiger partial charge < -0.3 is 14.6 Å². The van der Waals surface area contributed by atoms with Crippen LogP contribution < -0.4 is 0 Å². The van der Waals surface area contributed by atoms with Gasteiger partial charge in [0.1, 0.15) is 6.61 Å². The van der Waals surface area contributed by atoms with Gasteiger partial charge in [0.2, 0.25) is 0 Å². The van der Waals surface area contributed by atoms with Crippen molar-refractivity contribution < 1.29 is 24.2 Å². The second-order valence-corrected chi connectivity index (χ2v) is 21.9. The van der Waals surface area contributed by atoms with Crippen molar-refractivity contribution in [2.45, 2.75) is 380 Å². The second kappa shape index (κ2) is 60.2. The average molecular weight is 962 g/mol. The van der Waals surface area contributed by atoms with Gasteiger partial charge in [-0.25, -0.2) is 0 Å². The second-order valence-electron chi connectivity index (χ2n) is 21.9. The standard InChI is InChI=1S/C63H124O5/c1-3-5-7-9-11-13-15-17-19-21-23-25-27-29-31-32-34-36-38-40-42-44-46-48-50-52-54-56-58-63(66)68-61(59-64)60-67-62(65)57-55-53-51-49-47-45-43-41-39-37-35-33-30-28-26-24-22-20-18-16-14-12-10-8-6-4-2/h61,64H,3-60H2,1-2H3. The zero-order chi connectivity index (χ0) is 49.2. The van der Waals surface area contributed by atoms with Crippen LogP contribution in [0, 0.1) is 0 Å². The Morgan fingerprint density at radius 3 is 0.647 bits per heavy atom. The summed E-state index contributed by atoms with van der Waals surface area (Å²) >= 11 is 0. The largest absolute Gasteiger partial charge is 0.462 e. The van der Waals surface area contributed by atoms with Crippen molar-refractivity contribution in [3.05, 3.63) is 0 Å². The Morgan fingerprint density at radius 1 is 0.279 bits per heavy atom. The molecule has 1 unspecified atom stereocenters. The number of unbranched alkanes of at least 4 members (excludes halogenated alkanes) is 52. The maximum atomic E-state index is 12.3. The van der Waals surface area contributed by atoms with E-state index >= 15 is 0 Å². The first-order valence-corrected chi connectivity index (χ1v) is 31.6. The van der Waals surface area contributed by atoms with Crippen molar-refractivity contribution >= 4 is 11.9 Å². The minimum absolute atomic E-state index is 0.0554. The highest BCUT2D eigenvalue weighted by molar-refractivity contribution is 5.70. The Morgan fingerprint density at radius 2 is 0.456 bits per heavy atom. The lowest BCUT2D eigenvalue weighted by atomic mass is 10.0. The Kier molecular flexibility index (Phi) is 59.2. The first-order chi connectivity index (χ1) is 33.6. The van der Waals surface area contributed by atoms with Crippen molar-refractivity contribution in [3.8, 4) is 0 Å². The molecular formula is C63H124O5. The van der Waals surface area contributed by atoms with Crippen LogP contribution in [0.2, 0.25) is 0 Å². The van der Waals surface area contributed by atoms with Gasteiger partial charge in [-0.1, -0.05) is 348 Å². The lowest BCUT2D eigenvalue weighted by Crippen LogP contribution is -2.28. The Balaban J connectivity index is 3.37. The molecule has 406 valence electrons. The number of ether oxygens (including phenoxy) is 2. The molecule has 0 aromatic rings. The summed E-state index contributed by atoms with van der Waals surface area (Å²) in [5, 5.41) is 9.68. The van der Waals surface area contributed by atoms with Crippen molar-refractivity contribution in [1.29, 1.82) is 0 Å². The summed E-state index contributed by atoms with van der Waals surface area (Å²) in [5.41, 5.74) is 0. The molecule has 0 aliphatic heterocycles. The van der Waals surface area contributed by atoms with E-state index in [0.29, 0.717) is 12.8 Å². The molecule has 68 heavy (non-hydrogen) atoms. The van der Waals surface area contributed by atoms with Crippen molar-refractivity contribution in [2.75, 3.05) is 13.2 Å². The molecule has 0 amide bonds. The Labute approximate surface area is 427 Å². The predicted molar refractivity (Wildman–Crippen MR) is 298 cm³/mol. The minimum Gasteiger partial charge on any atom is -0.462 e. The van der Waals surface area contributed by atoms with Crippen LogP contribution in [0.25, 0.3) is 0 Å². The van der Waals surface area contributed by atoms with E-state index in [1.165, 1.54) is 315 Å². The number of rotatable bonds is 60.